The molecule has 0 bridgehead atoms. The number of amides is 2. The summed E-state index contributed by atoms with van der Waals surface area (Å²) in [5, 5.41) is 11.9. The summed E-state index contributed by atoms with van der Waals surface area (Å²) in [5.41, 5.74) is 1.07. The third kappa shape index (κ3) is 5.23. The average molecular weight is 315 g/mol. The zero-order chi connectivity index (χ0) is 16.7. The van der Waals surface area contributed by atoms with Gasteiger partial charge >= 0.3 is 6.03 Å². The van der Waals surface area contributed by atoms with E-state index in [1.807, 2.05) is 11.0 Å². The summed E-state index contributed by atoms with van der Waals surface area (Å²) in [7, 11) is 4.17. The molecule has 124 valence electrons. The summed E-state index contributed by atoms with van der Waals surface area (Å²) in [6.07, 6.45) is 1.15. The number of hydrogen-bond acceptors (Lipinski definition) is 4. The molecule has 2 amide bonds. The maximum atomic E-state index is 12.3. The average Bonchev–Trinajstić information content (AvgIpc) is 2.55. The van der Waals surface area contributed by atoms with Crippen molar-refractivity contribution in [3.05, 3.63) is 29.8 Å². The summed E-state index contributed by atoms with van der Waals surface area (Å²) in [5.74, 6) is 0. The van der Waals surface area contributed by atoms with E-state index >= 15 is 0 Å². The van der Waals surface area contributed by atoms with Crippen molar-refractivity contribution in [2.75, 3.05) is 58.7 Å². The smallest absolute Gasteiger partial charge is 0.321 e. The number of nitriles is 1. The number of piperazine rings is 1. The van der Waals surface area contributed by atoms with E-state index < -0.39 is 0 Å². The zero-order valence-corrected chi connectivity index (χ0v) is 14.0. The lowest BCUT2D eigenvalue weighted by Gasteiger charge is -2.34. The zero-order valence-electron chi connectivity index (χ0n) is 14.0. The number of hydrogen-bond donors (Lipinski definition) is 1. The van der Waals surface area contributed by atoms with E-state index in [9.17, 15) is 4.79 Å². The Morgan fingerprint density at radius 3 is 2.61 bits per heavy atom. The van der Waals surface area contributed by atoms with E-state index in [1.165, 1.54) is 0 Å². The van der Waals surface area contributed by atoms with Crippen LogP contribution in [-0.2, 0) is 0 Å². The third-order valence-electron chi connectivity index (χ3n) is 4.03. The molecule has 1 aliphatic heterocycles. The fourth-order valence-electron chi connectivity index (χ4n) is 2.67. The molecule has 0 radical (unpaired) electrons. The Morgan fingerprint density at radius 1 is 1.26 bits per heavy atom. The molecule has 0 spiro atoms. The van der Waals surface area contributed by atoms with Crippen LogP contribution in [0.5, 0.6) is 0 Å². The number of para-hydroxylation sites is 1. The second kappa shape index (κ2) is 8.51. The van der Waals surface area contributed by atoms with Crippen molar-refractivity contribution >= 4 is 11.7 Å². The monoisotopic (exact) mass is 315 g/mol. The van der Waals surface area contributed by atoms with Gasteiger partial charge in [0.2, 0.25) is 0 Å². The summed E-state index contributed by atoms with van der Waals surface area (Å²) in [6, 6.07) is 9.05. The predicted molar refractivity (Wildman–Crippen MR) is 91.4 cm³/mol. The molecular formula is C17H25N5O. The van der Waals surface area contributed by atoms with Gasteiger partial charge in [0.25, 0.3) is 0 Å². The molecule has 0 saturated carbocycles. The van der Waals surface area contributed by atoms with Crippen molar-refractivity contribution in [3.8, 4) is 6.07 Å². The first-order valence-electron chi connectivity index (χ1n) is 8.02. The van der Waals surface area contributed by atoms with Crippen LogP contribution in [-0.4, -0.2) is 74.1 Å². The first kappa shape index (κ1) is 17.3. The lowest BCUT2D eigenvalue weighted by molar-refractivity contribution is 0.144. The maximum absolute atomic E-state index is 12.3. The summed E-state index contributed by atoms with van der Waals surface area (Å²) in [4.78, 5) is 18.7. The van der Waals surface area contributed by atoms with Gasteiger partial charge in [-0.25, -0.2) is 4.79 Å². The lowest BCUT2D eigenvalue weighted by Crippen LogP contribution is -2.50. The topological polar surface area (TPSA) is 62.6 Å². The van der Waals surface area contributed by atoms with Gasteiger partial charge in [-0.1, -0.05) is 12.1 Å². The van der Waals surface area contributed by atoms with Crippen molar-refractivity contribution in [3.63, 3.8) is 0 Å². The number of anilines is 1. The second-order valence-corrected chi connectivity index (χ2v) is 6.07. The van der Waals surface area contributed by atoms with Crippen molar-refractivity contribution in [1.82, 2.24) is 14.7 Å². The third-order valence-corrected chi connectivity index (χ3v) is 4.03. The molecule has 0 aliphatic carbocycles. The minimum absolute atomic E-state index is 0.124. The highest BCUT2D eigenvalue weighted by Gasteiger charge is 2.21. The van der Waals surface area contributed by atoms with Crippen LogP contribution < -0.4 is 5.32 Å². The van der Waals surface area contributed by atoms with E-state index in [1.54, 1.807) is 18.2 Å². The van der Waals surface area contributed by atoms with E-state index in [-0.39, 0.29) is 6.03 Å². The molecule has 23 heavy (non-hydrogen) atoms. The van der Waals surface area contributed by atoms with Crippen LogP contribution in [0.2, 0.25) is 0 Å². The summed E-state index contributed by atoms with van der Waals surface area (Å²) in [6.45, 7) is 5.42. The Balaban J connectivity index is 1.79. The molecule has 2 rings (SSSR count). The Bertz CT molecular complexity index is 558. The molecule has 0 aromatic heterocycles. The fourth-order valence-corrected chi connectivity index (χ4v) is 2.67. The van der Waals surface area contributed by atoms with Gasteiger partial charge in [-0.05, 0) is 45.7 Å². The molecule has 1 aromatic rings. The molecule has 6 nitrogen and oxygen atoms in total. The van der Waals surface area contributed by atoms with E-state index in [0.717, 1.165) is 45.7 Å². The predicted octanol–water partition coefficient (Wildman–Crippen LogP) is 1.66. The molecule has 1 N–H and O–H groups in total. The summed E-state index contributed by atoms with van der Waals surface area (Å²) >= 11 is 0. The number of benzene rings is 1. The molecule has 0 unspecified atom stereocenters. The largest absolute Gasteiger partial charge is 0.322 e. The molecule has 1 aromatic carbocycles. The maximum Gasteiger partial charge on any atom is 0.321 e. The van der Waals surface area contributed by atoms with Gasteiger partial charge in [-0.2, -0.15) is 5.26 Å². The van der Waals surface area contributed by atoms with Crippen LogP contribution in [0.3, 0.4) is 0 Å². The highest BCUT2D eigenvalue weighted by Crippen LogP contribution is 2.15. The first-order valence-corrected chi connectivity index (χ1v) is 8.02. The molecule has 0 atom stereocenters. The number of urea groups is 1. The molecule has 6 heteroatoms. The Kier molecular flexibility index (Phi) is 6.39. The van der Waals surface area contributed by atoms with Crippen LogP contribution >= 0.6 is 0 Å². The number of rotatable bonds is 5. The number of carbonyl (C=O) groups excluding carboxylic acids is 1. The summed E-state index contributed by atoms with van der Waals surface area (Å²) < 4.78 is 0. The minimum atomic E-state index is -0.124. The minimum Gasteiger partial charge on any atom is -0.322 e. The van der Waals surface area contributed by atoms with Gasteiger partial charge in [0.1, 0.15) is 6.07 Å². The van der Waals surface area contributed by atoms with E-state index in [4.69, 9.17) is 5.26 Å². The van der Waals surface area contributed by atoms with Gasteiger partial charge in [0.05, 0.1) is 11.3 Å². The van der Waals surface area contributed by atoms with E-state index in [2.05, 4.69) is 35.3 Å². The van der Waals surface area contributed by atoms with Crippen molar-refractivity contribution in [2.24, 2.45) is 0 Å². The Labute approximate surface area is 138 Å². The van der Waals surface area contributed by atoms with Crippen LogP contribution in [0.25, 0.3) is 0 Å². The van der Waals surface area contributed by atoms with Gasteiger partial charge in [-0.3, -0.25) is 4.90 Å². The van der Waals surface area contributed by atoms with Crippen LogP contribution in [0.15, 0.2) is 24.3 Å². The van der Waals surface area contributed by atoms with Gasteiger partial charge < -0.3 is 15.1 Å². The standard InChI is InChI=1S/C17H25N5O/c1-20(2)8-5-9-21-10-12-22(13-11-21)17(23)19-16-7-4-3-6-15(16)14-18/h3-4,6-7H,5,8-13H2,1-2H3,(H,19,23). The molecular weight excluding hydrogens is 290 g/mol. The SMILES string of the molecule is CN(C)CCCN1CCN(C(=O)Nc2ccccc2C#N)CC1. The molecule has 1 aliphatic rings. The fraction of sp³-hybridized carbons (Fsp3) is 0.529. The van der Waals surface area contributed by atoms with Crippen LogP contribution in [0, 0.1) is 11.3 Å². The second-order valence-electron chi connectivity index (χ2n) is 6.07. The normalized spacial score (nSPS) is 15.5. The van der Waals surface area contributed by atoms with Crippen molar-refractivity contribution < 1.29 is 4.79 Å². The highest BCUT2D eigenvalue weighted by molar-refractivity contribution is 5.90. The van der Waals surface area contributed by atoms with Gasteiger partial charge in [-0.15, -0.1) is 0 Å². The van der Waals surface area contributed by atoms with Crippen LogP contribution in [0.4, 0.5) is 10.5 Å². The van der Waals surface area contributed by atoms with Gasteiger partial charge in [0.15, 0.2) is 0 Å². The molecule has 1 heterocycles. The molecule has 1 fully saturated rings. The first-order chi connectivity index (χ1) is 11.1. The quantitative estimate of drug-likeness (QED) is 0.897. The Morgan fingerprint density at radius 2 is 1.96 bits per heavy atom. The number of carbonyl (C=O) groups is 1. The van der Waals surface area contributed by atoms with Crippen molar-refractivity contribution in [1.29, 1.82) is 5.26 Å². The highest BCUT2D eigenvalue weighted by atomic mass is 16.2. The lowest BCUT2D eigenvalue weighted by atomic mass is 10.2. The van der Waals surface area contributed by atoms with Crippen LogP contribution in [0.1, 0.15) is 12.0 Å². The molecule has 1 saturated heterocycles. The van der Waals surface area contributed by atoms with Crippen molar-refractivity contribution in [2.45, 2.75) is 6.42 Å². The Hall–Kier alpha value is -2.10. The van der Waals surface area contributed by atoms with E-state index in [0.29, 0.717) is 11.3 Å². The number of nitrogens with zero attached hydrogens (tertiary/aromatic N) is 4. The van der Waals surface area contributed by atoms with Gasteiger partial charge in [0, 0.05) is 26.2 Å². The number of nitrogens with one attached hydrogen (secondary N) is 1.